The number of rotatable bonds is 5. The van der Waals surface area contributed by atoms with Crippen LogP contribution in [0.2, 0.25) is 0 Å². The Kier molecular flexibility index (Phi) is 4.65. The Morgan fingerprint density at radius 2 is 2.04 bits per heavy atom. The van der Waals surface area contributed by atoms with Crippen LogP contribution in [-0.2, 0) is 22.7 Å². The lowest BCUT2D eigenvalue weighted by Crippen LogP contribution is -2.24. The van der Waals surface area contributed by atoms with Crippen LogP contribution in [0.1, 0.15) is 18.7 Å². The molecule has 0 N–H and O–H groups in total. The lowest BCUT2D eigenvalue weighted by molar-refractivity contribution is -0.118. The van der Waals surface area contributed by atoms with E-state index < -0.39 is 0 Å². The number of fused-ring (bicyclic) bond motifs is 3. The molecule has 1 aromatic carbocycles. The molecule has 0 bridgehead atoms. The SMILES string of the molecule is CON(C)Cc1nc2cnc3ccccc3c2n1CC1CCOCC1. The summed E-state index contributed by atoms with van der Waals surface area (Å²) in [6.07, 6.45) is 4.08. The van der Waals surface area contributed by atoms with E-state index in [0.29, 0.717) is 12.5 Å². The number of benzene rings is 1. The number of pyridine rings is 1. The number of nitrogens with zero attached hydrogens (tertiary/aromatic N) is 4. The van der Waals surface area contributed by atoms with Gasteiger partial charge in [-0.2, -0.15) is 5.06 Å². The summed E-state index contributed by atoms with van der Waals surface area (Å²) >= 11 is 0. The van der Waals surface area contributed by atoms with E-state index in [1.807, 2.05) is 19.3 Å². The number of para-hydroxylation sites is 1. The van der Waals surface area contributed by atoms with Gasteiger partial charge in [-0.3, -0.25) is 4.98 Å². The van der Waals surface area contributed by atoms with E-state index in [-0.39, 0.29) is 0 Å². The van der Waals surface area contributed by atoms with Gasteiger partial charge in [-0.15, -0.1) is 0 Å². The van der Waals surface area contributed by atoms with Gasteiger partial charge in [0.05, 0.1) is 30.9 Å². The summed E-state index contributed by atoms with van der Waals surface area (Å²) in [7, 11) is 3.61. The molecule has 0 radical (unpaired) electrons. The predicted octanol–water partition coefficient (Wildman–Crippen LogP) is 3.00. The van der Waals surface area contributed by atoms with Gasteiger partial charge in [0.25, 0.3) is 0 Å². The lowest BCUT2D eigenvalue weighted by atomic mass is 10.00. The second-order valence-electron chi connectivity index (χ2n) is 6.67. The number of hydrogen-bond donors (Lipinski definition) is 0. The van der Waals surface area contributed by atoms with Crippen molar-refractivity contribution in [2.24, 2.45) is 5.92 Å². The average molecular weight is 340 g/mol. The number of aromatic nitrogens is 3. The molecule has 1 fully saturated rings. The number of ether oxygens (including phenoxy) is 1. The second-order valence-corrected chi connectivity index (χ2v) is 6.67. The minimum absolute atomic E-state index is 0.615. The first kappa shape index (κ1) is 16.4. The highest BCUT2D eigenvalue weighted by Gasteiger charge is 2.20. The molecule has 0 spiro atoms. The topological polar surface area (TPSA) is 52.4 Å². The van der Waals surface area contributed by atoms with E-state index in [4.69, 9.17) is 14.6 Å². The molecule has 1 aliphatic rings. The Hall–Kier alpha value is -2.02. The molecule has 4 rings (SSSR count). The molecule has 3 aromatic rings. The number of hydroxylamine groups is 2. The van der Waals surface area contributed by atoms with Crippen molar-refractivity contribution in [3.63, 3.8) is 0 Å². The largest absolute Gasteiger partial charge is 0.381 e. The molecule has 1 aliphatic heterocycles. The van der Waals surface area contributed by atoms with Gasteiger partial charge in [-0.25, -0.2) is 4.98 Å². The van der Waals surface area contributed by atoms with Gasteiger partial charge in [0.15, 0.2) is 0 Å². The Labute approximate surface area is 147 Å². The Balaban J connectivity index is 1.84. The van der Waals surface area contributed by atoms with Gasteiger partial charge in [-0.1, -0.05) is 18.2 Å². The summed E-state index contributed by atoms with van der Waals surface area (Å²) in [5.41, 5.74) is 3.14. The first-order valence-electron chi connectivity index (χ1n) is 8.82. The molecule has 0 saturated carbocycles. The molecular weight excluding hydrogens is 316 g/mol. The summed E-state index contributed by atoms with van der Waals surface area (Å²) < 4.78 is 7.89. The van der Waals surface area contributed by atoms with Crippen molar-refractivity contribution in [1.82, 2.24) is 19.6 Å². The zero-order valence-corrected chi connectivity index (χ0v) is 14.8. The van der Waals surface area contributed by atoms with Crippen molar-refractivity contribution in [1.29, 1.82) is 0 Å². The molecule has 6 heteroatoms. The van der Waals surface area contributed by atoms with Crippen LogP contribution in [0.3, 0.4) is 0 Å². The van der Waals surface area contributed by atoms with Crippen LogP contribution < -0.4 is 0 Å². The average Bonchev–Trinajstić information content (AvgIpc) is 3.00. The van der Waals surface area contributed by atoms with Gasteiger partial charge < -0.3 is 14.1 Å². The maximum Gasteiger partial charge on any atom is 0.126 e. The number of imidazole rings is 1. The van der Waals surface area contributed by atoms with Crippen molar-refractivity contribution in [2.75, 3.05) is 27.4 Å². The van der Waals surface area contributed by atoms with Crippen LogP contribution in [-0.4, -0.2) is 47.0 Å². The minimum Gasteiger partial charge on any atom is -0.381 e. The highest BCUT2D eigenvalue weighted by Crippen LogP contribution is 2.28. The fraction of sp³-hybridized carbons (Fsp3) is 0.474. The summed E-state index contributed by atoms with van der Waals surface area (Å²) in [4.78, 5) is 14.8. The standard InChI is InChI=1S/C19H24N4O2/c1-22(24-2)13-18-21-17-11-20-16-6-4-3-5-15(16)19(17)23(18)12-14-7-9-25-10-8-14/h3-6,11,14H,7-10,12-13H2,1-2H3. The normalized spacial score (nSPS) is 16.3. The first-order chi connectivity index (χ1) is 12.3. The lowest BCUT2D eigenvalue weighted by Gasteiger charge is -2.24. The highest BCUT2D eigenvalue weighted by molar-refractivity contribution is 6.02. The maximum atomic E-state index is 5.53. The summed E-state index contributed by atoms with van der Waals surface area (Å²) in [6.45, 7) is 3.31. The van der Waals surface area contributed by atoms with Crippen LogP contribution in [0.4, 0.5) is 0 Å². The third kappa shape index (κ3) is 3.25. The van der Waals surface area contributed by atoms with Crippen LogP contribution in [0.5, 0.6) is 0 Å². The van der Waals surface area contributed by atoms with Gasteiger partial charge >= 0.3 is 0 Å². The van der Waals surface area contributed by atoms with Crippen LogP contribution in [0, 0.1) is 5.92 Å². The molecule has 3 heterocycles. The number of hydrogen-bond acceptors (Lipinski definition) is 5. The van der Waals surface area contributed by atoms with Crippen molar-refractivity contribution < 1.29 is 9.57 Å². The van der Waals surface area contributed by atoms with Crippen molar-refractivity contribution >= 4 is 21.9 Å². The molecule has 0 aliphatic carbocycles. The third-order valence-corrected chi connectivity index (χ3v) is 5.02. The highest BCUT2D eigenvalue weighted by atomic mass is 16.7. The van der Waals surface area contributed by atoms with Gasteiger partial charge in [0, 0.05) is 32.2 Å². The fourth-order valence-electron chi connectivity index (χ4n) is 3.58. The molecule has 2 aromatic heterocycles. The van der Waals surface area contributed by atoms with Crippen LogP contribution >= 0.6 is 0 Å². The molecule has 1 saturated heterocycles. The van der Waals surface area contributed by atoms with Gasteiger partial charge in [0.1, 0.15) is 11.3 Å². The van der Waals surface area contributed by atoms with Crippen LogP contribution in [0.15, 0.2) is 30.5 Å². The Bertz CT molecular complexity index is 870. The van der Waals surface area contributed by atoms with E-state index in [9.17, 15) is 0 Å². The minimum atomic E-state index is 0.615. The molecule has 132 valence electrons. The van der Waals surface area contributed by atoms with E-state index in [2.05, 4.69) is 27.8 Å². The van der Waals surface area contributed by atoms with E-state index in [1.54, 1.807) is 12.2 Å². The first-order valence-corrected chi connectivity index (χ1v) is 8.82. The second kappa shape index (κ2) is 7.07. The van der Waals surface area contributed by atoms with Crippen LogP contribution in [0.25, 0.3) is 21.9 Å². The van der Waals surface area contributed by atoms with Crippen molar-refractivity contribution in [3.05, 3.63) is 36.3 Å². The van der Waals surface area contributed by atoms with Crippen molar-refractivity contribution in [3.8, 4) is 0 Å². The quantitative estimate of drug-likeness (QED) is 0.668. The van der Waals surface area contributed by atoms with E-state index in [1.165, 1.54) is 5.52 Å². The smallest absolute Gasteiger partial charge is 0.126 e. The zero-order valence-electron chi connectivity index (χ0n) is 14.8. The Morgan fingerprint density at radius 1 is 1.24 bits per heavy atom. The molecule has 6 nitrogen and oxygen atoms in total. The van der Waals surface area contributed by atoms with E-state index >= 15 is 0 Å². The summed E-state index contributed by atoms with van der Waals surface area (Å²) in [5, 5.41) is 2.96. The molecule has 0 unspecified atom stereocenters. The summed E-state index contributed by atoms with van der Waals surface area (Å²) in [5.74, 6) is 1.63. The monoisotopic (exact) mass is 340 g/mol. The van der Waals surface area contributed by atoms with Gasteiger partial charge in [0.2, 0.25) is 0 Å². The van der Waals surface area contributed by atoms with E-state index in [0.717, 1.165) is 54.8 Å². The predicted molar refractivity (Wildman–Crippen MR) is 97.1 cm³/mol. The molecular formula is C19H24N4O2. The summed E-state index contributed by atoms with van der Waals surface area (Å²) in [6, 6.07) is 8.29. The zero-order chi connectivity index (χ0) is 17.2. The molecule has 25 heavy (non-hydrogen) atoms. The molecule has 0 amide bonds. The van der Waals surface area contributed by atoms with Gasteiger partial charge in [-0.05, 0) is 24.8 Å². The molecule has 0 atom stereocenters. The third-order valence-electron chi connectivity index (χ3n) is 5.02. The fourth-order valence-corrected chi connectivity index (χ4v) is 3.58. The maximum absolute atomic E-state index is 5.53. The Morgan fingerprint density at radius 3 is 2.84 bits per heavy atom. The van der Waals surface area contributed by atoms with Crippen molar-refractivity contribution in [2.45, 2.75) is 25.9 Å².